The van der Waals surface area contributed by atoms with Crippen molar-refractivity contribution in [3.63, 3.8) is 0 Å². The second kappa shape index (κ2) is 8.42. The van der Waals surface area contributed by atoms with Crippen molar-refractivity contribution in [3.8, 4) is 5.75 Å². The zero-order chi connectivity index (χ0) is 19.3. The number of halogens is 3. The molecule has 144 valence electrons. The Hall–Kier alpha value is -2.25. The molecule has 0 aliphatic carbocycles. The molecule has 0 spiro atoms. The Morgan fingerprint density at radius 1 is 1.19 bits per heavy atom. The van der Waals surface area contributed by atoms with Gasteiger partial charge in [0, 0.05) is 19.6 Å². The maximum atomic E-state index is 12.4. The lowest BCUT2D eigenvalue weighted by atomic mass is 9.96. The van der Waals surface area contributed by atoms with E-state index in [-0.39, 0.29) is 31.5 Å². The maximum absolute atomic E-state index is 12.4. The Kier molecular flexibility index (Phi) is 6.50. The Morgan fingerprint density at radius 3 is 2.42 bits per heavy atom. The number of carbonyl (C=O) groups is 2. The number of hydrogen-bond acceptors (Lipinski definition) is 3. The third-order valence-corrected chi connectivity index (χ3v) is 4.58. The summed E-state index contributed by atoms with van der Waals surface area (Å²) in [6, 6.07) is 5.57. The van der Waals surface area contributed by atoms with Crippen LogP contribution >= 0.6 is 0 Å². The Morgan fingerprint density at radius 2 is 1.85 bits per heavy atom. The fourth-order valence-electron chi connectivity index (χ4n) is 2.78. The molecule has 1 aliphatic rings. The number of rotatable bonds is 5. The van der Waals surface area contributed by atoms with Gasteiger partial charge in [-0.2, -0.15) is 13.2 Å². The summed E-state index contributed by atoms with van der Waals surface area (Å²) in [6.45, 7) is 4.30. The number of hydrogen-bond donors (Lipinski definition) is 1. The van der Waals surface area contributed by atoms with Gasteiger partial charge in [-0.15, -0.1) is 0 Å². The average Bonchev–Trinajstić information content (AvgIpc) is 2.60. The second-order valence-corrected chi connectivity index (χ2v) is 6.57. The van der Waals surface area contributed by atoms with Gasteiger partial charge in [-0.3, -0.25) is 9.59 Å². The first kappa shape index (κ1) is 20.1. The van der Waals surface area contributed by atoms with Gasteiger partial charge in [-0.05, 0) is 55.9 Å². The van der Waals surface area contributed by atoms with Gasteiger partial charge >= 0.3 is 12.1 Å². The molecule has 1 saturated heterocycles. The predicted molar refractivity (Wildman–Crippen MR) is 89.8 cm³/mol. The molecule has 0 radical (unpaired) electrons. The fourth-order valence-corrected chi connectivity index (χ4v) is 2.78. The van der Waals surface area contributed by atoms with E-state index in [4.69, 9.17) is 4.74 Å². The molecular weight excluding hydrogens is 349 g/mol. The van der Waals surface area contributed by atoms with Crippen molar-refractivity contribution in [3.05, 3.63) is 29.3 Å². The van der Waals surface area contributed by atoms with Gasteiger partial charge in [0.05, 0.1) is 0 Å². The van der Waals surface area contributed by atoms with Crippen LogP contribution < -0.4 is 10.1 Å². The molecule has 1 fully saturated rings. The summed E-state index contributed by atoms with van der Waals surface area (Å²) in [5.74, 6) is -1.40. The third-order valence-electron chi connectivity index (χ3n) is 4.58. The largest absolute Gasteiger partial charge is 0.484 e. The summed E-state index contributed by atoms with van der Waals surface area (Å²) in [5, 5.41) is 2.73. The van der Waals surface area contributed by atoms with Crippen LogP contribution in [0, 0.1) is 19.8 Å². The lowest BCUT2D eigenvalue weighted by Gasteiger charge is -2.32. The first-order valence-corrected chi connectivity index (χ1v) is 8.49. The van der Waals surface area contributed by atoms with Crippen LogP contribution in [0.5, 0.6) is 5.75 Å². The molecule has 0 bridgehead atoms. The van der Waals surface area contributed by atoms with Crippen LogP contribution in [0.3, 0.4) is 0 Å². The number of alkyl halides is 3. The molecule has 0 unspecified atom stereocenters. The molecule has 2 rings (SSSR count). The quantitative estimate of drug-likeness (QED) is 0.864. The number of ether oxygens (including phenoxy) is 1. The summed E-state index contributed by atoms with van der Waals surface area (Å²) >= 11 is 0. The molecule has 8 heteroatoms. The van der Waals surface area contributed by atoms with Crippen molar-refractivity contribution >= 4 is 11.8 Å². The monoisotopic (exact) mass is 372 g/mol. The number of nitrogens with one attached hydrogen (secondary N) is 1. The normalized spacial score (nSPS) is 15.7. The van der Waals surface area contributed by atoms with E-state index < -0.39 is 12.1 Å². The minimum absolute atomic E-state index is 0.0536. The van der Waals surface area contributed by atoms with Crippen molar-refractivity contribution in [2.45, 2.75) is 32.9 Å². The molecule has 26 heavy (non-hydrogen) atoms. The Labute approximate surface area is 150 Å². The standard InChI is InChI=1S/C18H23F3N2O3/c1-12-3-4-15(9-13(12)2)26-11-16(24)22-10-14-5-7-23(8-6-14)17(25)18(19,20)21/h3-4,9,14H,5-8,10-11H2,1-2H3,(H,22,24). The molecule has 1 aliphatic heterocycles. The highest BCUT2D eigenvalue weighted by atomic mass is 19.4. The van der Waals surface area contributed by atoms with Crippen molar-refractivity contribution in [2.75, 3.05) is 26.2 Å². The minimum Gasteiger partial charge on any atom is -0.484 e. The molecule has 0 atom stereocenters. The van der Waals surface area contributed by atoms with E-state index in [1.54, 1.807) is 6.07 Å². The number of aryl methyl sites for hydroxylation is 2. The second-order valence-electron chi connectivity index (χ2n) is 6.57. The number of piperidine rings is 1. The lowest BCUT2D eigenvalue weighted by molar-refractivity contribution is -0.186. The number of likely N-dealkylation sites (tertiary alicyclic amines) is 1. The van der Waals surface area contributed by atoms with Crippen molar-refractivity contribution < 1.29 is 27.5 Å². The fraction of sp³-hybridized carbons (Fsp3) is 0.556. The SMILES string of the molecule is Cc1ccc(OCC(=O)NCC2CCN(C(=O)C(F)(F)F)CC2)cc1C. The van der Waals surface area contributed by atoms with Crippen LogP contribution in [0.15, 0.2) is 18.2 Å². The zero-order valence-electron chi connectivity index (χ0n) is 14.9. The highest BCUT2D eigenvalue weighted by Crippen LogP contribution is 2.23. The molecular formula is C18H23F3N2O3. The summed E-state index contributed by atoms with van der Waals surface area (Å²) in [7, 11) is 0. The van der Waals surface area contributed by atoms with Crippen LogP contribution in [0.25, 0.3) is 0 Å². The maximum Gasteiger partial charge on any atom is 0.471 e. The van der Waals surface area contributed by atoms with Gasteiger partial charge in [-0.1, -0.05) is 6.07 Å². The van der Waals surface area contributed by atoms with Gasteiger partial charge in [0.15, 0.2) is 6.61 Å². The van der Waals surface area contributed by atoms with Crippen LogP contribution in [0.1, 0.15) is 24.0 Å². The minimum atomic E-state index is -4.83. The third kappa shape index (κ3) is 5.64. The summed E-state index contributed by atoms with van der Waals surface area (Å²) in [6.07, 6.45) is -3.97. The predicted octanol–water partition coefficient (Wildman–Crippen LogP) is 2.60. The van der Waals surface area contributed by atoms with Crippen LogP contribution in [0.4, 0.5) is 13.2 Å². The first-order valence-electron chi connectivity index (χ1n) is 8.49. The van der Waals surface area contributed by atoms with Gasteiger partial charge in [0.25, 0.3) is 5.91 Å². The zero-order valence-corrected chi connectivity index (χ0v) is 14.9. The molecule has 1 heterocycles. The van der Waals surface area contributed by atoms with E-state index in [0.29, 0.717) is 25.1 Å². The van der Waals surface area contributed by atoms with Crippen molar-refractivity contribution in [1.82, 2.24) is 10.2 Å². The highest BCUT2D eigenvalue weighted by molar-refractivity contribution is 5.82. The smallest absolute Gasteiger partial charge is 0.471 e. The van der Waals surface area contributed by atoms with Crippen LogP contribution in [-0.4, -0.2) is 49.1 Å². The van der Waals surface area contributed by atoms with E-state index in [2.05, 4.69) is 5.32 Å². The summed E-state index contributed by atoms with van der Waals surface area (Å²) in [5.41, 5.74) is 2.21. The van der Waals surface area contributed by atoms with E-state index in [1.807, 2.05) is 26.0 Å². The topological polar surface area (TPSA) is 58.6 Å². The molecule has 0 aromatic heterocycles. The molecule has 1 aromatic carbocycles. The Bertz CT molecular complexity index is 654. The van der Waals surface area contributed by atoms with Crippen molar-refractivity contribution in [1.29, 1.82) is 0 Å². The molecule has 0 saturated carbocycles. The van der Waals surface area contributed by atoms with E-state index in [1.165, 1.54) is 0 Å². The first-order chi connectivity index (χ1) is 12.2. The van der Waals surface area contributed by atoms with E-state index >= 15 is 0 Å². The Balaban J connectivity index is 1.68. The number of nitrogens with zero attached hydrogens (tertiary/aromatic N) is 1. The number of amides is 2. The molecule has 2 amide bonds. The number of benzene rings is 1. The summed E-state index contributed by atoms with van der Waals surface area (Å²) in [4.78, 5) is 23.9. The highest BCUT2D eigenvalue weighted by Gasteiger charge is 2.43. The van der Waals surface area contributed by atoms with Crippen molar-refractivity contribution in [2.24, 2.45) is 5.92 Å². The average molecular weight is 372 g/mol. The van der Waals surface area contributed by atoms with E-state index in [9.17, 15) is 22.8 Å². The lowest BCUT2D eigenvalue weighted by Crippen LogP contribution is -2.46. The van der Waals surface area contributed by atoms with Crippen LogP contribution in [-0.2, 0) is 9.59 Å². The van der Waals surface area contributed by atoms with E-state index in [0.717, 1.165) is 16.0 Å². The van der Waals surface area contributed by atoms with Gasteiger partial charge in [0.2, 0.25) is 0 Å². The number of carbonyl (C=O) groups excluding carboxylic acids is 2. The van der Waals surface area contributed by atoms with Gasteiger partial charge in [-0.25, -0.2) is 0 Å². The van der Waals surface area contributed by atoms with Crippen LogP contribution in [0.2, 0.25) is 0 Å². The van der Waals surface area contributed by atoms with Gasteiger partial charge in [0.1, 0.15) is 5.75 Å². The molecule has 5 nitrogen and oxygen atoms in total. The van der Waals surface area contributed by atoms with Gasteiger partial charge < -0.3 is 15.0 Å². The molecule has 1 aromatic rings. The summed E-state index contributed by atoms with van der Waals surface area (Å²) < 4.78 is 42.6. The molecule has 1 N–H and O–H groups in total.